The number of nitrogens with zero attached hydrogens (tertiary/aromatic N) is 4. The van der Waals surface area contributed by atoms with Crippen LogP contribution in [-0.2, 0) is 14.3 Å². The predicted octanol–water partition coefficient (Wildman–Crippen LogP) is 2.58. The van der Waals surface area contributed by atoms with Gasteiger partial charge in [0.15, 0.2) is 0 Å². The molecule has 36 heavy (non-hydrogen) atoms. The van der Waals surface area contributed by atoms with Gasteiger partial charge >= 0.3 is 6.09 Å². The van der Waals surface area contributed by atoms with Crippen LogP contribution >= 0.6 is 0 Å². The lowest BCUT2D eigenvalue weighted by Crippen LogP contribution is -2.59. The topological polar surface area (TPSA) is 106 Å². The van der Waals surface area contributed by atoms with Crippen molar-refractivity contribution in [2.45, 2.75) is 82.8 Å². The molecule has 9 nitrogen and oxygen atoms in total. The second-order valence-electron chi connectivity index (χ2n) is 10.9. The Kier molecular flexibility index (Phi) is 7.23. The van der Waals surface area contributed by atoms with Gasteiger partial charge in [-0.1, -0.05) is 12.1 Å². The van der Waals surface area contributed by atoms with Crippen LogP contribution in [0.25, 0.3) is 0 Å². The fourth-order valence-electron chi connectivity index (χ4n) is 5.56. The number of ether oxygens (including phenoxy) is 1. The minimum Gasteiger partial charge on any atom is -0.444 e. The minimum absolute atomic E-state index is 0.0671. The number of alkyl carbamates (subject to hydrolysis) is 1. The molecule has 3 heterocycles. The van der Waals surface area contributed by atoms with Gasteiger partial charge in [0.1, 0.15) is 23.5 Å². The summed E-state index contributed by atoms with van der Waals surface area (Å²) in [5, 5.41) is 12.2. The molecule has 4 rings (SSSR count). The van der Waals surface area contributed by atoms with Crippen LogP contribution in [0.3, 0.4) is 0 Å². The number of hydrogen-bond donors (Lipinski definition) is 1. The third kappa shape index (κ3) is 5.31. The number of amides is 3. The summed E-state index contributed by atoms with van der Waals surface area (Å²) < 4.78 is 19.1. The molecule has 5 unspecified atom stereocenters. The summed E-state index contributed by atoms with van der Waals surface area (Å²) in [6.45, 7) is 8.24. The maximum absolute atomic E-state index is 13.8. The second-order valence-corrected chi connectivity index (χ2v) is 10.9. The van der Waals surface area contributed by atoms with Crippen LogP contribution in [0, 0.1) is 17.1 Å². The molecule has 10 heteroatoms. The number of piperazine rings is 1. The molecule has 194 valence electrons. The zero-order chi connectivity index (χ0) is 26.2. The summed E-state index contributed by atoms with van der Waals surface area (Å²) in [4.78, 5) is 44.6. The molecular formula is C26H34FN5O4. The number of carbonyl (C=O) groups is 3. The molecule has 3 aliphatic rings. The largest absolute Gasteiger partial charge is 0.444 e. The van der Waals surface area contributed by atoms with E-state index in [-0.39, 0.29) is 36.3 Å². The molecule has 5 atom stereocenters. The van der Waals surface area contributed by atoms with Crippen molar-refractivity contribution >= 4 is 17.9 Å². The molecule has 2 bridgehead atoms. The van der Waals surface area contributed by atoms with Gasteiger partial charge in [0.2, 0.25) is 11.8 Å². The summed E-state index contributed by atoms with van der Waals surface area (Å²) in [6, 6.07) is 6.19. The van der Waals surface area contributed by atoms with Crippen molar-refractivity contribution in [1.29, 1.82) is 5.26 Å². The highest BCUT2D eigenvalue weighted by molar-refractivity contribution is 5.88. The Morgan fingerprint density at radius 2 is 2.08 bits per heavy atom. The third-order valence-corrected chi connectivity index (χ3v) is 7.15. The van der Waals surface area contributed by atoms with E-state index in [2.05, 4.69) is 11.4 Å². The van der Waals surface area contributed by atoms with Gasteiger partial charge in [-0.2, -0.15) is 5.26 Å². The first-order valence-corrected chi connectivity index (χ1v) is 12.5. The van der Waals surface area contributed by atoms with Gasteiger partial charge < -0.3 is 19.9 Å². The number of hydrogen-bond acceptors (Lipinski definition) is 6. The van der Waals surface area contributed by atoms with Gasteiger partial charge in [0.25, 0.3) is 0 Å². The van der Waals surface area contributed by atoms with E-state index in [1.807, 2.05) is 17.9 Å². The zero-order valence-electron chi connectivity index (χ0n) is 21.2. The monoisotopic (exact) mass is 499 g/mol. The molecule has 0 aromatic heterocycles. The quantitative estimate of drug-likeness (QED) is 0.645. The Labute approximate surface area is 211 Å². The summed E-state index contributed by atoms with van der Waals surface area (Å²) in [7, 11) is 0. The van der Waals surface area contributed by atoms with Gasteiger partial charge in [-0.05, 0) is 64.7 Å². The Balaban J connectivity index is 1.48. The third-order valence-electron chi connectivity index (χ3n) is 7.15. The normalized spacial score (nSPS) is 25.6. The zero-order valence-corrected chi connectivity index (χ0v) is 21.2. The number of carbonyl (C=O) groups excluding carboxylic acids is 3. The van der Waals surface area contributed by atoms with Gasteiger partial charge in [0.05, 0.1) is 18.2 Å². The number of likely N-dealkylation sites (tertiary alicyclic amines) is 3. The number of benzene rings is 1. The average Bonchev–Trinajstić information content (AvgIpc) is 3.51. The lowest BCUT2D eigenvalue weighted by molar-refractivity contribution is -0.141. The first-order valence-electron chi connectivity index (χ1n) is 12.5. The highest BCUT2D eigenvalue weighted by atomic mass is 19.1. The van der Waals surface area contributed by atoms with E-state index in [1.54, 1.807) is 31.7 Å². The van der Waals surface area contributed by atoms with Crippen molar-refractivity contribution in [2.24, 2.45) is 0 Å². The fraction of sp³-hybridized carbons (Fsp3) is 0.615. The number of rotatable bonds is 6. The van der Waals surface area contributed by atoms with Crippen LogP contribution in [0.4, 0.5) is 9.18 Å². The minimum atomic E-state index is -0.949. The molecule has 3 aliphatic heterocycles. The van der Waals surface area contributed by atoms with Crippen LogP contribution in [0.2, 0.25) is 0 Å². The Morgan fingerprint density at radius 3 is 2.72 bits per heavy atom. The van der Waals surface area contributed by atoms with E-state index < -0.39 is 29.8 Å². The molecule has 1 aromatic rings. The van der Waals surface area contributed by atoms with Crippen molar-refractivity contribution in [3.05, 3.63) is 35.6 Å². The van der Waals surface area contributed by atoms with E-state index in [4.69, 9.17) is 4.74 Å². The summed E-state index contributed by atoms with van der Waals surface area (Å²) in [5.41, 5.74) is -0.00446. The smallest absolute Gasteiger partial charge is 0.408 e. The Bertz CT molecular complexity index is 1070. The number of nitriles is 1. The van der Waals surface area contributed by atoms with Crippen molar-refractivity contribution < 1.29 is 23.5 Å². The van der Waals surface area contributed by atoms with Gasteiger partial charge in [0, 0.05) is 25.7 Å². The predicted molar refractivity (Wildman–Crippen MR) is 129 cm³/mol. The molecule has 1 N–H and O–H groups in total. The van der Waals surface area contributed by atoms with Gasteiger partial charge in [-0.3, -0.25) is 14.5 Å². The second kappa shape index (κ2) is 10.1. The standard InChI is InChI=1S/C26H34FN5O4/c1-16(17-7-5-8-18(27)11-17)32-20-12-22(24(32)34)30(14-20)15-21(29-25(35)36-26(2,3)4)23(33)31-10-6-9-19(31)13-28/h5,7-8,11,16,19-22H,6,9-10,12,14-15H2,1-4H3,(H,29,35). The van der Waals surface area contributed by atoms with E-state index in [0.29, 0.717) is 25.9 Å². The first-order chi connectivity index (χ1) is 17.0. The van der Waals surface area contributed by atoms with E-state index in [9.17, 15) is 24.0 Å². The van der Waals surface area contributed by atoms with Crippen LogP contribution < -0.4 is 5.32 Å². The molecule has 1 aromatic carbocycles. The van der Waals surface area contributed by atoms with Crippen molar-refractivity contribution in [1.82, 2.24) is 20.0 Å². The van der Waals surface area contributed by atoms with Crippen LogP contribution in [0.15, 0.2) is 24.3 Å². The maximum Gasteiger partial charge on any atom is 0.408 e. The highest BCUT2D eigenvalue weighted by Gasteiger charge is 2.52. The van der Waals surface area contributed by atoms with Crippen molar-refractivity contribution in [3.8, 4) is 6.07 Å². The highest BCUT2D eigenvalue weighted by Crippen LogP contribution is 2.38. The summed E-state index contributed by atoms with van der Waals surface area (Å²) in [6.07, 6.45) is 1.21. The number of halogens is 1. The number of fused-ring (bicyclic) bond motifs is 2. The molecule has 3 fully saturated rings. The van der Waals surface area contributed by atoms with E-state index in [0.717, 1.165) is 12.0 Å². The van der Waals surface area contributed by atoms with Crippen molar-refractivity contribution in [3.63, 3.8) is 0 Å². The van der Waals surface area contributed by atoms with E-state index in [1.165, 1.54) is 17.0 Å². The van der Waals surface area contributed by atoms with Crippen molar-refractivity contribution in [2.75, 3.05) is 19.6 Å². The van der Waals surface area contributed by atoms with Gasteiger partial charge in [-0.15, -0.1) is 0 Å². The molecule has 3 saturated heterocycles. The van der Waals surface area contributed by atoms with Gasteiger partial charge in [-0.25, -0.2) is 9.18 Å². The molecular weight excluding hydrogens is 465 g/mol. The maximum atomic E-state index is 13.8. The molecule has 3 amide bonds. The van der Waals surface area contributed by atoms with Crippen LogP contribution in [-0.4, -0.2) is 82.0 Å². The van der Waals surface area contributed by atoms with E-state index >= 15 is 0 Å². The number of nitrogens with one attached hydrogen (secondary N) is 1. The Morgan fingerprint density at radius 1 is 1.33 bits per heavy atom. The molecule has 0 spiro atoms. The van der Waals surface area contributed by atoms with Crippen LogP contribution in [0.5, 0.6) is 0 Å². The average molecular weight is 500 g/mol. The summed E-state index contributed by atoms with van der Waals surface area (Å²) >= 11 is 0. The lowest BCUT2D eigenvalue weighted by Gasteiger charge is -2.39. The molecule has 0 saturated carbocycles. The summed E-state index contributed by atoms with van der Waals surface area (Å²) in [5.74, 6) is -0.752. The SMILES string of the molecule is CC(c1cccc(F)c1)N1C(=O)C2CC1CN2CC(NC(=O)OC(C)(C)C)C(=O)N1CCCC1C#N. The van der Waals surface area contributed by atoms with Crippen LogP contribution in [0.1, 0.15) is 58.6 Å². The first kappa shape index (κ1) is 25.9. The lowest BCUT2D eigenvalue weighted by atomic mass is 10.1. The Hall–Kier alpha value is -3.19. The molecule has 0 aliphatic carbocycles. The fourth-order valence-corrected chi connectivity index (χ4v) is 5.56. The molecule has 0 radical (unpaired) electrons.